The number of benzene rings is 1. The van der Waals surface area contributed by atoms with Gasteiger partial charge in [0.15, 0.2) is 0 Å². The van der Waals surface area contributed by atoms with E-state index < -0.39 is 0 Å². The van der Waals surface area contributed by atoms with Crippen molar-refractivity contribution in [1.29, 1.82) is 0 Å². The quantitative estimate of drug-likeness (QED) is 0.821. The van der Waals surface area contributed by atoms with Crippen LogP contribution >= 0.6 is 11.6 Å². The van der Waals surface area contributed by atoms with Crippen LogP contribution in [0.4, 0.5) is 5.69 Å². The van der Waals surface area contributed by atoms with Crippen LogP contribution in [-0.2, 0) is 6.54 Å². The van der Waals surface area contributed by atoms with Crippen LogP contribution in [0.2, 0.25) is 5.02 Å². The lowest BCUT2D eigenvalue weighted by atomic mass is 10.1. The van der Waals surface area contributed by atoms with E-state index >= 15 is 0 Å². The molecule has 0 N–H and O–H groups in total. The third-order valence-corrected chi connectivity index (χ3v) is 2.95. The molecule has 0 aliphatic carbocycles. The summed E-state index contributed by atoms with van der Waals surface area (Å²) in [5, 5.41) is 0.779. The number of aromatic nitrogens is 1. The standard InChI is InChI=1S/C14H15ClN2/c1-11-8-13(15)5-6-14(11)17(2)10-12-4-3-7-16-9-12/h3-9H,10H2,1-2H3. The van der Waals surface area contributed by atoms with E-state index in [4.69, 9.17) is 11.6 Å². The van der Waals surface area contributed by atoms with E-state index in [0.29, 0.717) is 0 Å². The van der Waals surface area contributed by atoms with Crippen LogP contribution in [0.3, 0.4) is 0 Å². The number of nitrogens with zero attached hydrogens (tertiary/aromatic N) is 2. The Morgan fingerprint density at radius 3 is 2.76 bits per heavy atom. The Kier molecular flexibility index (Phi) is 3.64. The zero-order chi connectivity index (χ0) is 12.3. The summed E-state index contributed by atoms with van der Waals surface area (Å²) in [4.78, 5) is 6.32. The summed E-state index contributed by atoms with van der Waals surface area (Å²) in [5.41, 5.74) is 3.58. The summed E-state index contributed by atoms with van der Waals surface area (Å²) in [6.07, 6.45) is 3.68. The molecule has 0 saturated heterocycles. The van der Waals surface area contributed by atoms with Crippen LogP contribution < -0.4 is 4.90 Å². The molecule has 2 aromatic rings. The summed E-state index contributed by atoms with van der Waals surface area (Å²) in [6, 6.07) is 9.99. The van der Waals surface area contributed by atoms with Gasteiger partial charge in [0.05, 0.1) is 0 Å². The maximum Gasteiger partial charge on any atom is 0.0441 e. The zero-order valence-electron chi connectivity index (χ0n) is 10.0. The van der Waals surface area contributed by atoms with Crippen LogP contribution in [0, 0.1) is 6.92 Å². The summed E-state index contributed by atoms with van der Waals surface area (Å²) >= 11 is 5.95. The second kappa shape index (κ2) is 5.19. The van der Waals surface area contributed by atoms with Crippen molar-refractivity contribution in [2.45, 2.75) is 13.5 Å². The van der Waals surface area contributed by atoms with E-state index in [2.05, 4.69) is 29.9 Å². The molecule has 2 nitrogen and oxygen atoms in total. The van der Waals surface area contributed by atoms with Crippen LogP contribution in [0.25, 0.3) is 0 Å². The van der Waals surface area contributed by atoms with E-state index in [9.17, 15) is 0 Å². The normalized spacial score (nSPS) is 10.3. The Morgan fingerprint density at radius 1 is 1.29 bits per heavy atom. The molecular weight excluding hydrogens is 232 g/mol. The van der Waals surface area contributed by atoms with Crippen molar-refractivity contribution < 1.29 is 0 Å². The first-order chi connectivity index (χ1) is 8.16. The number of halogens is 1. The second-order valence-electron chi connectivity index (χ2n) is 4.15. The van der Waals surface area contributed by atoms with Crippen LogP contribution in [0.15, 0.2) is 42.7 Å². The molecule has 0 aliphatic rings. The largest absolute Gasteiger partial charge is 0.370 e. The van der Waals surface area contributed by atoms with Crippen molar-refractivity contribution in [2.75, 3.05) is 11.9 Å². The van der Waals surface area contributed by atoms with Crippen LogP contribution in [0.5, 0.6) is 0 Å². The Labute approximate surface area is 107 Å². The third-order valence-electron chi connectivity index (χ3n) is 2.71. The van der Waals surface area contributed by atoms with Crippen molar-refractivity contribution in [3.05, 3.63) is 58.9 Å². The lowest BCUT2D eigenvalue weighted by Gasteiger charge is -2.21. The molecule has 0 atom stereocenters. The molecule has 88 valence electrons. The minimum atomic E-state index is 0.779. The number of pyridine rings is 1. The van der Waals surface area contributed by atoms with E-state index in [1.54, 1.807) is 6.20 Å². The predicted octanol–water partition coefficient (Wildman–Crippen LogP) is 3.68. The highest BCUT2D eigenvalue weighted by Crippen LogP contribution is 2.23. The van der Waals surface area contributed by atoms with Crippen molar-refractivity contribution in [3.8, 4) is 0 Å². The predicted molar refractivity (Wildman–Crippen MR) is 72.5 cm³/mol. The highest BCUT2D eigenvalue weighted by Gasteiger charge is 2.05. The van der Waals surface area contributed by atoms with Crippen molar-refractivity contribution in [1.82, 2.24) is 4.98 Å². The molecule has 17 heavy (non-hydrogen) atoms. The minimum Gasteiger partial charge on any atom is -0.370 e. The molecule has 1 aromatic heterocycles. The molecular formula is C14H15ClN2. The van der Waals surface area contributed by atoms with Gasteiger partial charge >= 0.3 is 0 Å². The van der Waals surface area contributed by atoms with Gasteiger partial charge in [0, 0.05) is 36.7 Å². The second-order valence-corrected chi connectivity index (χ2v) is 4.58. The summed E-state index contributed by atoms with van der Waals surface area (Å²) in [5.74, 6) is 0. The fourth-order valence-corrected chi connectivity index (χ4v) is 2.12. The number of anilines is 1. The molecule has 0 amide bonds. The number of hydrogen-bond acceptors (Lipinski definition) is 2. The molecule has 0 aliphatic heterocycles. The van der Waals surface area contributed by atoms with Gasteiger partial charge < -0.3 is 4.90 Å². The minimum absolute atomic E-state index is 0.779. The molecule has 0 fully saturated rings. The average molecular weight is 247 g/mol. The Hall–Kier alpha value is -1.54. The summed E-state index contributed by atoms with van der Waals surface area (Å²) < 4.78 is 0. The van der Waals surface area contributed by atoms with E-state index in [0.717, 1.165) is 11.6 Å². The molecule has 3 heteroatoms. The van der Waals surface area contributed by atoms with E-state index in [1.165, 1.54) is 16.8 Å². The van der Waals surface area contributed by atoms with Crippen molar-refractivity contribution >= 4 is 17.3 Å². The molecule has 0 bridgehead atoms. The number of rotatable bonds is 3. The Balaban J connectivity index is 2.17. The monoisotopic (exact) mass is 246 g/mol. The summed E-state index contributed by atoms with van der Waals surface area (Å²) in [7, 11) is 2.07. The molecule has 0 saturated carbocycles. The molecule has 1 aromatic carbocycles. The highest BCUT2D eigenvalue weighted by atomic mass is 35.5. The lowest BCUT2D eigenvalue weighted by Crippen LogP contribution is -2.17. The smallest absolute Gasteiger partial charge is 0.0441 e. The van der Waals surface area contributed by atoms with Crippen molar-refractivity contribution in [2.24, 2.45) is 0 Å². The fraction of sp³-hybridized carbons (Fsp3) is 0.214. The van der Waals surface area contributed by atoms with Crippen LogP contribution in [0.1, 0.15) is 11.1 Å². The van der Waals surface area contributed by atoms with Gasteiger partial charge in [-0.25, -0.2) is 0 Å². The lowest BCUT2D eigenvalue weighted by molar-refractivity contribution is 0.910. The van der Waals surface area contributed by atoms with E-state index in [-0.39, 0.29) is 0 Å². The molecule has 0 radical (unpaired) electrons. The molecule has 2 rings (SSSR count). The molecule has 0 spiro atoms. The first kappa shape index (κ1) is 11.9. The maximum atomic E-state index is 5.95. The van der Waals surface area contributed by atoms with E-state index in [1.807, 2.05) is 30.5 Å². The van der Waals surface area contributed by atoms with Gasteiger partial charge in [-0.05, 0) is 42.3 Å². The van der Waals surface area contributed by atoms with Crippen molar-refractivity contribution in [3.63, 3.8) is 0 Å². The molecule has 1 heterocycles. The topological polar surface area (TPSA) is 16.1 Å². The highest BCUT2D eigenvalue weighted by molar-refractivity contribution is 6.30. The number of hydrogen-bond donors (Lipinski definition) is 0. The van der Waals surface area contributed by atoms with Gasteiger partial charge in [0.1, 0.15) is 0 Å². The fourth-order valence-electron chi connectivity index (χ4n) is 1.90. The zero-order valence-corrected chi connectivity index (χ0v) is 10.8. The Bertz CT molecular complexity index is 497. The van der Waals surface area contributed by atoms with Gasteiger partial charge in [-0.15, -0.1) is 0 Å². The first-order valence-electron chi connectivity index (χ1n) is 5.53. The SMILES string of the molecule is Cc1cc(Cl)ccc1N(C)Cc1cccnc1. The third kappa shape index (κ3) is 2.98. The van der Waals surface area contributed by atoms with Gasteiger partial charge in [-0.3, -0.25) is 4.98 Å². The first-order valence-corrected chi connectivity index (χ1v) is 5.91. The Morgan fingerprint density at radius 2 is 2.12 bits per heavy atom. The molecule has 0 unspecified atom stereocenters. The van der Waals surface area contributed by atoms with Gasteiger partial charge in [0.2, 0.25) is 0 Å². The van der Waals surface area contributed by atoms with Gasteiger partial charge in [-0.1, -0.05) is 17.7 Å². The van der Waals surface area contributed by atoms with Crippen LogP contribution in [-0.4, -0.2) is 12.0 Å². The average Bonchev–Trinajstić information content (AvgIpc) is 2.30. The maximum absolute atomic E-state index is 5.95. The summed E-state index contributed by atoms with van der Waals surface area (Å²) in [6.45, 7) is 2.91. The van der Waals surface area contributed by atoms with Gasteiger partial charge in [-0.2, -0.15) is 0 Å². The van der Waals surface area contributed by atoms with Gasteiger partial charge in [0.25, 0.3) is 0 Å². The number of aryl methyl sites for hydroxylation is 1.